The third kappa shape index (κ3) is 2.52. The van der Waals surface area contributed by atoms with Gasteiger partial charge in [0.25, 0.3) is 5.91 Å². The van der Waals surface area contributed by atoms with Crippen LogP contribution in [0.25, 0.3) is 0 Å². The average Bonchev–Trinajstić information content (AvgIpc) is 3.23. The molecule has 0 aliphatic carbocycles. The molecule has 2 aliphatic rings. The lowest BCUT2D eigenvalue weighted by molar-refractivity contribution is -0.117. The second kappa shape index (κ2) is 5.86. The topological polar surface area (TPSA) is 87.2 Å². The van der Waals surface area contributed by atoms with E-state index in [0.29, 0.717) is 16.4 Å². The molecule has 2 N–H and O–H groups in total. The molecular formula is C16H17N5O2S. The van der Waals surface area contributed by atoms with Crippen LogP contribution in [0, 0.1) is 0 Å². The van der Waals surface area contributed by atoms with E-state index in [2.05, 4.69) is 25.7 Å². The SMILES string of the molecule is CCc1nnc(NC(=O)c2ccc3c(c2)NC(=O)[C@@H]2CCCN32)s1. The highest BCUT2D eigenvalue weighted by molar-refractivity contribution is 7.15. The number of aryl methyl sites for hydroxylation is 1. The Hall–Kier alpha value is -2.48. The smallest absolute Gasteiger partial charge is 0.257 e. The molecule has 4 rings (SSSR count). The number of benzene rings is 1. The van der Waals surface area contributed by atoms with Gasteiger partial charge in [-0.05, 0) is 37.5 Å². The molecule has 7 nitrogen and oxygen atoms in total. The quantitative estimate of drug-likeness (QED) is 0.893. The van der Waals surface area contributed by atoms with E-state index in [1.807, 2.05) is 13.0 Å². The van der Waals surface area contributed by atoms with Crippen molar-refractivity contribution in [3.8, 4) is 0 Å². The lowest BCUT2D eigenvalue weighted by atomic mass is 10.1. The Bertz CT molecular complexity index is 819. The maximum atomic E-state index is 12.4. The van der Waals surface area contributed by atoms with Gasteiger partial charge in [-0.2, -0.15) is 0 Å². The molecule has 2 aliphatic heterocycles. The number of rotatable bonds is 3. The van der Waals surface area contributed by atoms with Crippen molar-refractivity contribution >= 4 is 39.7 Å². The van der Waals surface area contributed by atoms with E-state index in [-0.39, 0.29) is 17.9 Å². The first-order valence-electron chi connectivity index (χ1n) is 8.01. The van der Waals surface area contributed by atoms with Crippen LogP contribution in [0.5, 0.6) is 0 Å². The monoisotopic (exact) mass is 343 g/mol. The molecule has 0 unspecified atom stereocenters. The number of aromatic nitrogens is 2. The van der Waals surface area contributed by atoms with E-state index < -0.39 is 0 Å². The minimum atomic E-state index is -0.255. The maximum Gasteiger partial charge on any atom is 0.257 e. The molecule has 124 valence electrons. The molecule has 1 fully saturated rings. The van der Waals surface area contributed by atoms with Crippen molar-refractivity contribution in [1.82, 2.24) is 10.2 Å². The summed E-state index contributed by atoms with van der Waals surface area (Å²) in [5.41, 5.74) is 2.16. The summed E-state index contributed by atoms with van der Waals surface area (Å²) in [5, 5.41) is 15.0. The van der Waals surface area contributed by atoms with E-state index in [1.54, 1.807) is 12.1 Å². The number of hydrogen-bond donors (Lipinski definition) is 2. The van der Waals surface area contributed by atoms with Crippen molar-refractivity contribution in [1.29, 1.82) is 0 Å². The number of nitrogens with one attached hydrogen (secondary N) is 2. The molecule has 0 spiro atoms. The molecule has 2 aromatic rings. The first-order chi connectivity index (χ1) is 11.7. The van der Waals surface area contributed by atoms with Crippen LogP contribution in [0.2, 0.25) is 0 Å². The van der Waals surface area contributed by atoms with Crippen molar-refractivity contribution in [2.75, 3.05) is 22.1 Å². The first kappa shape index (κ1) is 15.1. The third-order valence-electron chi connectivity index (χ3n) is 4.37. The lowest BCUT2D eigenvalue weighted by Crippen LogP contribution is -2.43. The average molecular weight is 343 g/mol. The molecule has 1 atom stereocenters. The van der Waals surface area contributed by atoms with Crippen LogP contribution in [-0.4, -0.2) is 34.6 Å². The van der Waals surface area contributed by atoms with Gasteiger partial charge in [0, 0.05) is 12.1 Å². The van der Waals surface area contributed by atoms with Crippen LogP contribution in [0.1, 0.15) is 35.1 Å². The van der Waals surface area contributed by atoms with Crippen molar-refractivity contribution in [2.45, 2.75) is 32.2 Å². The van der Waals surface area contributed by atoms with Crippen LogP contribution in [0.4, 0.5) is 16.5 Å². The number of anilines is 3. The van der Waals surface area contributed by atoms with Gasteiger partial charge >= 0.3 is 0 Å². The predicted octanol–water partition coefficient (Wildman–Crippen LogP) is 2.27. The van der Waals surface area contributed by atoms with Gasteiger partial charge in [-0.25, -0.2) is 0 Å². The molecule has 0 radical (unpaired) electrons. The van der Waals surface area contributed by atoms with E-state index in [1.165, 1.54) is 11.3 Å². The number of fused-ring (bicyclic) bond motifs is 3. The number of nitrogens with zero attached hydrogens (tertiary/aromatic N) is 3. The first-order valence-corrected chi connectivity index (χ1v) is 8.82. The summed E-state index contributed by atoms with van der Waals surface area (Å²) in [6.45, 7) is 2.87. The second-order valence-electron chi connectivity index (χ2n) is 5.88. The molecule has 3 heterocycles. The van der Waals surface area contributed by atoms with Gasteiger partial charge in [-0.15, -0.1) is 10.2 Å². The molecule has 1 aromatic carbocycles. The number of carbonyl (C=O) groups is 2. The van der Waals surface area contributed by atoms with E-state index in [0.717, 1.165) is 36.5 Å². The molecule has 0 saturated carbocycles. The molecule has 1 aromatic heterocycles. The van der Waals surface area contributed by atoms with Crippen LogP contribution in [-0.2, 0) is 11.2 Å². The summed E-state index contributed by atoms with van der Waals surface area (Å²) in [6, 6.07) is 5.33. The third-order valence-corrected chi connectivity index (χ3v) is 5.35. The van der Waals surface area contributed by atoms with E-state index >= 15 is 0 Å². The summed E-state index contributed by atoms with van der Waals surface area (Å²) in [4.78, 5) is 26.7. The number of amides is 2. The van der Waals surface area contributed by atoms with Crippen molar-refractivity contribution in [2.24, 2.45) is 0 Å². The highest BCUT2D eigenvalue weighted by atomic mass is 32.1. The summed E-state index contributed by atoms with van der Waals surface area (Å²) < 4.78 is 0. The van der Waals surface area contributed by atoms with Gasteiger partial charge < -0.3 is 10.2 Å². The molecular weight excluding hydrogens is 326 g/mol. The zero-order chi connectivity index (χ0) is 16.7. The van der Waals surface area contributed by atoms with Gasteiger partial charge in [0.05, 0.1) is 11.4 Å². The van der Waals surface area contributed by atoms with E-state index in [9.17, 15) is 9.59 Å². The normalized spacial score (nSPS) is 18.8. The van der Waals surface area contributed by atoms with Gasteiger partial charge in [-0.1, -0.05) is 18.3 Å². The Morgan fingerprint density at radius 3 is 3.12 bits per heavy atom. The maximum absolute atomic E-state index is 12.4. The summed E-state index contributed by atoms with van der Waals surface area (Å²) in [7, 11) is 0. The summed E-state index contributed by atoms with van der Waals surface area (Å²) in [6.07, 6.45) is 2.68. The highest BCUT2D eigenvalue weighted by Crippen LogP contribution is 2.37. The number of hydrogen-bond acceptors (Lipinski definition) is 6. The molecule has 8 heteroatoms. The lowest BCUT2D eigenvalue weighted by Gasteiger charge is -2.33. The van der Waals surface area contributed by atoms with Crippen molar-refractivity contribution in [3.63, 3.8) is 0 Å². The summed E-state index contributed by atoms with van der Waals surface area (Å²) in [5.74, 6) is -0.247. The standard InChI is InChI=1S/C16H17N5O2S/c1-2-13-19-20-16(24-13)18-14(22)9-5-6-11-10(8-9)17-15(23)12-4-3-7-21(11)12/h5-6,8,12H,2-4,7H2,1H3,(H,17,23)(H,18,20,22)/t12-/m0/s1. The Labute approximate surface area is 143 Å². The molecule has 1 saturated heterocycles. The minimum absolute atomic E-state index is 0.00858. The van der Waals surface area contributed by atoms with Crippen LogP contribution in [0.15, 0.2) is 18.2 Å². The van der Waals surface area contributed by atoms with Crippen LogP contribution in [0.3, 0.4) is 0 Å². The Balaban J connectivity index is 1.57. The Morgan fingerprint density at radius 1 is 1.46 bits per heavy atom. The van der Waals surface area contributed by atoms with Gasteiger partial charge in [-0.3, -0.25) is 14.9 Å². The fraction of sp³-hybridized carbons (Fsp3) is 0.375. The van der Waals surface area contributed by atoms with Crippen molar-refractivity contribution < 1.29 is 9.59 Å². The Kier molecular flexibility index (Phi) is 3.68. The van der Waals surface area contributed by atoms with Gasteiger partial charge in [0.2, 0.25) is 11.0 Å². The van der Waals surface area contributed by atoms with E-state index in [4.69, 9.17) is 0 Å². The molecule has 0 bridgehead atoms. The fourth-order valence-electron chi connectivity index (χ4n) is 3.19. The van der Waals surface area contributed by atoms with Crippen LogP contribution < -0.4 is 15.5 Å². The zero-order valence-electron chi connectivity index (χ0n) is 13.2. The number of carbonyl (C=O) groups excluding carboxylic acids is 2. The minimum Gasteiger partial charge on any atom is -0.358 e. The molecule has 2 amide bonds. The van der Waals surface area contributed by atoms with Gasteiger partial charge in [0.1, 0.15) is 11.0 Å². The summed E-state index contributed by atoms with van der Waals surface area (Å²) >= 11 is 1.37. The predicted molar refractivity (Wildman–Crippen MR) is 92.7 cm³/mol. The second-order valence-corrected chi connectivity index (χ2v) is 6.94. The van der Waals surface area contributed by atoms with Gasteiger partial charge in [0.15, 0.2) is 0 Å². The largest absolute Gasteiger partial charge is 0.358 e. The fourth-order valence-corrected chi connectivity index (χ4v) is 3.86. The van der Waals surface area contributed by atoms with Crippen molar-refractivity contribution in [3.05, 3.63) is 28.8 Å². The highest BCUT2D eigenvalue weighted by Gasteiger charge is 2.36. The zero-order valence-corrected chi connectivity index (χ0v) is 14.0. The Morgan fingerprint density at radius 2 is 2.33 bits per heavy atom. The van der Waals surface area contributed by atoms with Crippen LogP contribution >= 0.6 is 11.3 Å². The molecule has 24 heavy (non-hydrogen) atoms.